The Kier molecular flexibility index (Phi) is 7.25. The van der Waals surface area contributed by atoms with Crippen LogP contribution in [0.5, 0.6) is 0 Å². The summed E-state index contributed by atoms with van der Waals surface area (Å²) in [6, 6.07) is 7.66. The summed E-state index contributed by atoms with van der Waals surface area (Å²) in [6.45, 7) is 4.24. The van der Waals surface area contributed by atoms with Crippen LogP contribution in [0, 0.1) is 0 Å². The number of hydrogen-bond acceptors (Lipinski definition) is 5. The molecule has 7 nitrogen and oxygen atoms in total. The van der Waals surface area contributed by atoms with Gasteiger partial charge in [0.2, 0.25) is 0 Å². The summed E-state index contributed by atoms with van der Waals surface area (Å²) in [4.78, 5) is 35.8. The topological polar surface area (TPSA) is 81.3 Å². The van der Waals surface area contributed by atoms with Crippen LogP contribution in [0.15, 0.2) is 35.3 Å². The molecule has 1 atom stereocenters. The lowest BCUT2D eigenvalue weighted by Crippen LogP contribution is -2.44. The number of alkyl halides is 3. The Morgan fingerprint density at radius 3 is 2.53 bits per heavy atom. The number of pyridine rings is 2. The predicted octanol–water partition coefficient (Wildman–Crippen LogP) is 3.08. The Morgan fingerprint density at radius 1 is 1.15 bits per heavy atom. The highest BCUT2D eigenvalue weighted by Crippen LogP contribution is 2.30. The van der Waals surface area contributed by atoms with Crippen LogP contribution in [0.25, 0.3) is 0 Å². The van der Waals surface area contributed by atoms with Crippen molar-refractivity contribution in [2.24, 2.45) is 0 Å². The number of H-pyrrole nitrogens is 1. The number of amides is 1. The van der Waals surface area contributed by atoms with Crippen molar-refractivity contribution in [3.63, 3.8) is 0 Å². The molecule has 2 fully saturated rings. The average Bonchev–Trinajstić information content (AvgIpc) is 3.33. The first-order valence-corrected chi connectivity index (χ1v) is 11.8. The number of carbonyl (C=O) groups is 1. The van der Waals surface area contributed by atoms with E-state index in [0.29, 0.717) is 12.0 Å². The van der Waals surface area contributed by atoms with Gasteiger partial charge in [0.05, 0.1) is 11.9 Å². The van der Waals surface area contributed by atoms with Crippen molar-refractivity contribution in [3.05, 3.63) is 57.8 Å². The highest BCUT2D eigenvalue weighted by molar-refractivity contribution is 5.92. The average molecular weight is 478 g/mol. The third kappa shape index (κ3) is 5.78. The lowest BCUT2D eigenvalue weighted by atomic mass is 10.0. The second-order valence-corrected chi connectivity index (χ2v) is 9.02. The first kappa shape index (κ1) is 24.3. The molecule has 2 aliphatic heterocycles. The van der Waals surface area contributed by atoms with E-state index in [1.807, 2.05) is 18.3 Å². The van der Waals surface area contributed by atoms with Crippen molar-refractivity contribution in [1.29, 1.82) is 0 Å². The van der Waals surface area contributed by atoms with Gasteiger partial charge in [0.15, 0.2) is 0 Å². The molecule has 0 bridgehead atoms. The van der Waals surface area contributed by atoms with Gasteiger partial charge in [-0.2, -0.15) is 13.2 Å². The molecule has 2 aromatic rings. The maximum Gasteiger partial charge on any atom is 0.405 e. The molecule has 2 N–H and O–H groups in total. The summed E-state index contributed by atoms with van der Waals surface area (Å²) in [5, 5.41) is 1.83. The van der Waals surface area contributed by atoms with E-state index in [9.17, 15) is 22.8 Å². The summed E-state index contributed by atoms with van der Waals surface area (Å²) in [5.41, 5.74) is 2.68. The fraction of sp³-hybridized carbons (Fsp3) is 0.542. The minimum Gasteiger partial charge on any atom is -0.370 e. The summed E-state index contributed by atoms with van der Waals surface area (Å²) < 4.78 is 36.8. The smallest absolute Gasteiger partial charge is 0.370 e. The van der Waals surface area contributed by atoms with E-state index in [4.69, 9.17) is 0 Å². The first-order valence-electron chi connectivity index (χ1n) is 11.8. The van der Waals surface area contributed by atoms with Gasteiger partial charge in [0.25, 0.3) is 11.5 Å². The largest absolute Gasteiger partial charge is 0.405 e. The predicted molar refractivity (Wildman–Crippen MR) is 123 cm³/mol. The molecule has 1 amide bonds. The number of likely N-dealkylation sites (tertiary alicyclic amines) is 1. The van der Waals surface area contributed by atoms with Crippen LogP contribution in [0.1, 0.15) is 53.8 Å². The fourth-order valence-electron chi connectivity index (χ4n) is 4.88. The minimum atomic E-state index is -4.45. The molecule has 0 aromatic carbocycles. The zero-order valence-corrected chi connectivity index (χ0v) is 19.2. The molecule has 2 aromatic heterocycles. The minimum absolute atomic E-state index is 0.0178. The van der Waals surface area contributed by atoms with Gasteiger partial charge >= 0.3 is 6.18 Å². The molecule has 184 valence electrons. The first-order chi connectivity index (χ1) is 16.2. The Bertz CT molecular complexity index is 1050. The molecule has 34 heavy (non-hydrogen) atoms. The number of aryl methyl sites for hydroxylation is 1. The van der Waals surface area contributed by atoms with Crippen LogP contribution >= 0.6 is 0 Å². The number of anilines is 1. The van der Waals surface area contributed by atoms with Crippen molar-refractivity contribution in [2.45, 2.75) is 50.7 Å². The van der Waals surface area contributed by atoms with Crippen molar-refractivity contribution in [1.82, 2.24) is 20.2 Å². The zero-order chi connectivity index (χ0) is 24.3. The third-order valence-electron chi connectivity index (χ3n) is 6.83. The highest BCUT2D eigenvalue weighted by Gasteiger charge is 2.32. The van der Waals surface area contributed by atoms with E-state index in [-0.39, 0.29) is 11.3 Å². The molecular formula is C24H30F3N5O2. The van der Waals surface area contributed by atoms with Crippen molar-refractivity contribution in [2.75, 3.05) is 37.6 Å². The molecular weight excluding hydrogens is 447 g/mol. The number of rotatable bonds is 6. The Labute approximate surface area is 196 Å². The zero-order valence-electron chi connectivity index (χ0n) is 19.2. The van der Waals surface area contributed by atoms with Crippen LogP contribution in [0.2, 0.25) is 0 Å². The third-order valence-corrected chi connectivity index (χ3v) is 6.83. The van der Waals surface area contributed by atoms with Crippen molar-refractivity contribution >= 4 is 11.6 Å². The maximum atomic E-state index is 12.3. The second kappa shape index (κ2) is 10.2. The van der Waals surface area contributed by atoms with Gasteiger partial charge in [-0.25, -0.2) is 4.98 Å². The number of nitrogens with one attached hydrogen (secondary N) is 2. The summed E-state index contributed by atoms with van der Waals surface area (Å²) in [5.74, 6) is -0.492. The van der Waals surface area contributed by atoms with Crippen LogP contribution in [-0.4, -0.2) is 65.7 Å². The van der Waals surface area contributed by atoms with Crippen molar-refractivity contribution < 1.29 is 18.0 Å². The van der Waals surface area contributed by atoms with Crippen LogP contribution in [0.4, 0.5) is 18.9 Å². The molecule has 1 unspecified atom stereocenters. The van der Waals surface area contributed by atoms with Crippen molar-refractivity contribution in [3.8, 4) is 0 Å². The lowest BCUT2D eigenvalue weighted by Gasteiger charge is -2.37. The maximum absolute atomic E-state index is 12.3. The van der Waals surface area contributed by atoms with E-state index in [2.05, 4.69) is 25.8 Å². The van der Waals surface area contributed by atoms with E-state index < -0.39 is 18.6 Å². The van der Waals surface area contributed by atoms with E-state index >= 15 is 0 Å². The Morgan fingerprint density at radius 2 is 1.91 bits per heavy atom. The second-order valence-electron chi connectivity index (χ2n) is 9.02. The van der Waals surface area contributed by atoms with E-state index in [1.54, 1.807) is 12.3 Å². The number of aromatic nitrogens is 2. The number of piperidine rings is 1. The molecule has 0 saturated carbocycles. The van der Waals surface area contributed by atoms with Gasteiger partial charge in [0, 0.05) is 42.9 Å². The van der Waals surface area contributed by atoms with Gasteiger partial charge in [-0.15, -0.1) is 0 Å². The van der Waals surface area contributed by atoms with Crippen LogP contribution < -0.4 is 15.8 Å². The molecule has 4 rings (SSSR count). The normalized spacial score (nSPS) is 20.0. The molecule has 2 saturated heterocycles. The molecule has 0 spiro atoms. The number of carbonyl (C=O) groups excluding carboxylic acids is 1. The number of halogens is 3. The lowest BCUT2D eigenvalue weighted by molar-refractivity contribution is -0.123. The number of hydrogen-bond donors (Lipinski definition) is 2. The monoisotopic (exact) mass is 477 g/mol. The quantitative estimate of drug-likeness (QED) is 0.669. The molecule has 0 radical (unpaired) electrons. The van der Waals surface area contributed by atoms with Crippen LogP contribution in [-0.2, 0) is 6.42 Å². The van der Waals surface area contributed by atoms with Gasteiger partial charge in [-0.3, -0.25) is 14.5 Å². The standard InChI is InChI=1S/C24H30F3N5O2/c1-2-16-3-5-20(30-22(16)33)17-7-10-32(14-17)18-8-11-31(12-9-18)19-4-6-21(28-13-19)23(34)29-15-24(25,26)27/h3-6,13,17-18H,2,7-12,14-15H2,1H3,(H,29,34)(H,30,33). The van der Waals surface area contributed by atoms with Gasteiger partial charge in [-0.05, 0) is 50.4 Å². The molecule has 4 heterocycles. The Balaban J connectivity index is 1.28. The van der Waals surface area contributed by atoms with Gasteiger partial charge < -0.3 is 15.2 Å². The van der Waals surface area contributed by atoms with E-state index in [0.717, 1.165) is 68.8 Å². The van der Waals surface area contributed by atoms with Crippen LogP contribution in [0.3, 0.4) is 0 Å². The van der Waals surface area contributed by atoms with Gasteiger partial charge in [0.1, 0.15) is 12.2 Å². The summed E-state index contributed by atoms with van der Waals surface area (Å²) >= 11 is 0. The summed E-state index contributed by atoms with van der Waals surface area (Å²) in [7, 11) is 0. The molecule has 10 heteroatoms. The van der Waals surface area contributed by atoms with E-state index in [1.165, 1.54) is 6.07 Å². The fourth-order valence-corrected chi connectivity index (χ4v) is 4.88. The SMILES string of the molecule is CCc1ccc(C2CCN(C3CCN(c4ccc(C(=O)NCC(F)(F)F)nc4)CC3)C2)[nH]c1=O. The number of aromatic amines is 1. The summed E-state index contributed by atoms with van der Waals surface area (Å²) in [6.07, 6.45) is 0.840. The molecule has 0 aliphatic carbocycles. The van der Waals surface area contributed by atoms with Gasteiger partial charge in [-0.1, -0.05) is 13.0 Å². The number of nitrogens with zero attached hydrogens (tertiary/aromatic N) is 3. The highest BCUT2D eigenvalue weighted by atomic mass is 19.4. The molecule has 2 aliphatic rings. The Hall–Kier alpha value is -2.88.